The van der Waals surface area contributed by atoms with Crippen molar-refractivity contribution in [2.45, 2.75) is 6.54 Å². The van der Waals surface area contributed by atoms with E-state index >= 15 is 0 Å². The third kappa shape index (κ3) is 2.26. The van der Waals surface area contributed by atoms with Crippen molar-refractivity contribution in [3.05, 3.63) is 29.3 Å². The fraction of sp³-hybridized carbons (Fsp3) is 0.273. The van der Waals surface area contributed by atoms with Crippen LogP contribution in [0, 0.1) is 12.3 Å². The normalized spacial score (nSPS) is 11.0. The molecule has 0 saturated heterocycles. The van der Waals surface area contributed by atoms with Crippen LogP contribution in [-0.4, -0.2) is 13.3 Å². The molecule has 0 aliphatic heterocycles. The summed E-state index contributed by atoms with van der Waals surface area (Å²) >= 11 is 0. The van der Waals surface area contributed by atoms with Crippen molar-refractivity contribution >= 4 is 12.4 Å². The smallest absolute Gasteiger partial charge is 0.110 e. The highest BCUT2D eigenvalue weighted by molar-refractivity contribution is 7.70. The summed E-state index contributed by atoms with van der Waals surface area (Å²) in [6.45, 7) is 3.84. The first kappa shape index (κ1) is 11.0. The number of terminal acetylenes is 1. The molecule has 1 rings (SSSR count). The maximum absolute atomic E-state index is 11.9. The highest BCUT2D eigenvalue weighted by Crippen LogP contribution is 2.36. The van der Waals surface area contributed by atoms with Gasteiger partial charge in [-0.05, 0) is 31.0 Å². The van der Waals surface area contributed by atoms with E-state index in [9.17, 15) is 4.57 Å². The van der Waals surface area contributed by atoms with Gasteiger partial charge in [0, 0.05) is 17.4 Å². The Morgan fingerprint density at radius 1 is 1.50 bits per heavy atom. The lowest BCUT2D eigenvalue weighted by atomic mass is 10.1. The summed E-state index contributed by atoms with van der Waals surface area (Å²) in [4.78, 5) is 0. The molecule has 0 bridgehead atoms. The molecule has 0 amide bonds. The minimum Gasteiger partial charge on any atom is -0.326 e. The van der Waals surface area contributed by atoms with Gasteiger partial charge in [0.25, 0.3) is 0 Å². The average Bonchev–Trinajstić information content (AvgIpc) is 2.15. The molecule has 1 aromatic carbocycles. The number of nitrogens with two attached hydrogens (primary N) is 1. The quantitative estimate of drug-likeness (QED) is 0.588. The van der Waals surface area contributed by atoms with Crippen LogP contribution in [0.3, 0.4) is 0 Å². The lowest BCUT2D eigenvalue weighted by Crippen LogP contribution is -2.14. The minimum atomic E-state index is -2.29. The van der Waals surface area contributed by atoms with Crippen LogP contribution in [0.2, 0.25) is 0 Å². The summed E-state index contributed by atoms with van der Waals surface area (Å²) in [6, 6.07) is 5.47. The van der Waals surface area contributed by atoms with Crippen LogP contribution in [0.4, 0.5) is 0 Å². The predicted molar refractivity (Wildman–Crippen MR) is 61.4 cm³/mol. The monoisotopic (exact) mass is 207 g/mol. The van der Waals surface area contributed by atoms with E-state index in [0.29, 0.717) is 6.54 Å². The highest BCUT2D eigenvalue weighted by atomic mass is 31.2. The molecular weight excluding hydrogens is 193 g/mol. The Balaban J connectivity index is 3.39. The van der Waals surface area contributed by atoms with Gasteiger partial charge in [0.1, 0.15) is 7.14 Å². The molecule has 0 atom stereocenters. The van der Waals surface area contributed by atoms with Gasteiger partial charge < -0.3 is 10.3 Å². The fourth-order valence-electron chi connectivity index (χ4n) is 1.33. The van der Waals surface area contributed by atoms with Crippen molar-refractivity contribution < 1.29 is 4.57 Å². The number of benzene rings is 1. The van der Waals surface area contributed by atoms with Crippen LogP contribution in [0.1, 0.15) is 11.1 Å². The van der Waals surface area contributed by atoms with E-state index in [2.05, 4.69) is 5.92 Å². The van der Waals surface area contributed by atoms with Crippen molar-refractivity contribution in [2.24, 2.45) is 5.73 Å². The molecule has 0 aliphatic rings. The fourth-order valence-corrected chi connectivity index (χ4v) is 2.64. The van der Waals surface area contributed by atoms with Crippen molar-refractivity contribution in [2.75, 3.05) is 13.3 Å². The van der Waals surface area contributed by atoms with E-state index in [4.69, 9.17) is 12.2 Å². The third-order valence-electron chi connectivity index (χ3n) is 2.05. The average molecular weight is 207 g/mol. The Kier molecular flexibility index (Phi) is 3.16. The predicted octanol–water partition coefficient (Wildman–Crippen LogP) is 1.37. The second kappa shape index (κ2) is 4.00. The van der Waals surface area contributed by atoms with Gasteiger partial charge in [0.2, 0.25) is 0 Å². The van der Waals surface area contributed by atoms with Crippen LogP contribution in [-0.2, 0) is 11.1 Å². The van der Waals surface area contributed by atoms with Gasteiger partial charge in [0.05, 0.1) is 0 Å². The maximum Gasteiger partial charge on any atom is 0.110 e. The van der Waals surface area contributed by atoms with E-state index in [1.165, 1.54) is 0 Å². The number of hydrogen-bond donors (Lipinski definition) is 1. The van der Waals surface area contributed by atoms with E-state index < -0.39 is 7.14 Å². The Bertz CT molecular complexity index is 425. The first-order valence-corrected chi connectivity index (χ1v) is 6.94. The maximum atomic E-state index is 11.9. The van der Waals surface area contributed by atoms with Crippen LogP contribution in [0.5, 0.6) is 0 Å². The SMILES string of the molecule is C#Cc1ccc(CN)c(P(C)(C)=O)c1. The van der Waals surface area contributed by atoms with E-state index in [1.54, 1.807) is 19.4 Å². The number of rotatable bonds is 2. The molecule has 3 heteroatoms. The summed E-state index contributed by atoms with van der Waals surface area (Å²) in [6.07, 6.45) is 5.28. The van der Waals surface area contributed by atoms with Gasteiger partial charge in [0.15, 0.2) is 0 Å². The van der Waals surface area contributed by atoms with Crippen LogP contribution >= 0.6 is 7.14 Å². The third-order valence-corrected chi connectivity index (χ3v) is 3.63. The molecule has 0 saturated carbocycles. The topological polar surface area (TPSA) is 43.1 Å². The second-order valence-corrected chi connectivity index (χ2v) is 6.73. The standard InChI is InChI=1S/C11H14NOP/c1-4-9-5-6-10(8-12)11(7-9)14(2,3)13/h1,5-7H,8,12H2,2-3H3. The summed E-state index contributed by atoms with van der Waals surface area (Å²) < 4.78 is 11.9. The number of hydrogen-bond acceptors (Lipinski definition) is 2. The molecule has 0 spiro atoms. The van der Waals surface area contributed by atoms with Crippen molar-refractivity contribution in [1.29, 1.82) is 0 Å². The highest BCUT2D eigenvalue weighted by Gasteiger charge is 2.15. The zero-order valence-corrected chi connectivity index (χ0v) is 9.34. The molecule has 2 N–H and O–H groups in total. The van der Waals surface area contributed by atoms with Gasteiger partial charge >= 0.3 is 0 Å². The summed E-state index contributed by atoms with van der Waals surface area (Å²) in [5.41, 5.74) is 7.23. The van der Waals surface area contributed by atoms with Gasteiger partial charge in [-0.3, -0.25) is 0 Å². The first-order valence-electron chi connectivity index (χ1n) is 4.34. The molecule has 0 unspecified atom stereocenters. The van der Waals surface area contributed by atoms with Gasteiger partial charge in [-0.1, -0.05) is 12.0 Å². The van der Waals surface area contributed by atoms with Crippen LogP contribution < -0.4 is 11.0 Å². The molecule has 0 heterocycles. The van der Waals surface area contributed by atoms with Crippen molar-refractivity contribution in [1.82, 2.24) is 0 Å². The zero-order chi connectivity index (χ0) is 10.8. The Hall–Kier alpha value is -1.03. The lowest BCUT2D eigenvalue weighted by Gasteiger charge is -2.12. The minimum absolute atomic E-state index is 0.395. The van der Waals surface area contributed by atoms with Crippen LogP contribution in [0.25, 0.3) is 0 Å². The molecular formula is C11H14NOP. The summed E-state index contributed by atoms with van der Waals surface area (Å²) in [5, 5.41) is 0.801. The summed E-state index contributed by atoms with van der Waals surface area (Å²) in [7, 11) is -2.29. The van der Waals surface area contributed by atoms with E-state index in [-0.39, 0.29) is 0 Å². The Morgan fingerprint density at radius 2 is 2.14 bits per heavy atom. The molecule has 2 nitrogen and oxygen atoms in total. The lowest BCUT2D eigenvalue weighted by molar-refractivity contribution is 0.588. The van der Waals surface area contributed by atoms with Gasteiger partial charge in [-0.25, -0.2) is 0 Å². The summed E-state index contributed by atoms with van der Waals surface area (Å²) in [5.74, 6) is 2.53. The van der Waals surface area contributed by atoms with Gasteiger partial charge in [-0.2, -0.15) is 0 Å². The molecule has 0 fully saturated rings. The van der Waals surface area contributed by atoms with Crippen LogP contribution in [0.15, 0.2) is 18.2 Å². The molecule has 0 radical (unpaired) electrons. The second-order valence-electron chi connectivity index (χ2n) is 3.54. The molecule has 0 aliphatic carbocycles. The van der Waals surface area contributed by atoms with E-state index in [1.807, 2.05) is 12.1 Å². The zero-order valence-electron chi connectivity index (χ0n) is 8.45. The van der Waals surface area contributed by atoms with Crippen molar-refractivity contribution in [3.63, 3.8) is 0 Å². The Labute approximate surface area is 84.9 Å². The Morgan fingerprint density at radius 3 is 2.57 bits per heavy atom. The molecule has 0 aromatic heterocycles. The van der Waals surface area contributed by atoms with E-state index in [0.717, 1.165) is 16.4 Å². The van der Waals surface area contributed by atoms with Gasteiger partial charge in [-0.15, -0.1) is 6.42 Å². The largest absolute Gasteiger partial charge is 0.326 e. The first-order chi connectivity index (χ1) is 6.49. The molecule has 14 heavy (non-hydrogen) atoms. The van der Waals surface area contributed by atoms with Crippen molar-refractivity contribution in [3.8, 4) is 12.3 Å². The molecule has 1 aromatic rings. The molecule has 74 valence electrons.